The molecule has 0 bridgehead atoms. The highest BCUT2D eigenvalue weighted by Gasteiger charge is 2.14. The van der Waals surface area contributed by atoms with E-state index in [1.54, 1.807) is 0 Å². The smallest absolute Gasteiger partial charge is 0.0346 e. The third-order valence-corrected chi connectivity index (χ3v) is 2.81. The third-order valence-electron chi connectivity index (χ3n) is 2.81. The Morgan fingerprint density at radius 2 is 1.93 bits per heavy atom. The number of aromatic nitrogens is 1. The van der Waals surface area contributed by atoms with Gasteiger partial charge < -0.3 is 0 Å². The summed E-state index contributed by atoms with van der Waals surface area (Å²) < 4.78 is 0. The molecule has 0 atom stereocenters. The van der Waals surface area contributed by atoms with Gasteiger partial charge in [-0.2, -0.15) is 0 Å². The number of hydrogen-bond acceptors (Lipinski definition) is 1. The van der Waals surface area contributed by atoms with Crippen LogP contribution >= 0.6 is 0 Å². The SMILES string of the molecule is C1=C(c2cccnc2)c2ccccc2C1. The van der Waals surface area contributed by atoms with Crippen molar-refractivity contribution in [1.82, 2.24) is 4.98 Å². The normalized spacial score (nSPS) is 13.5. The highest BCUT2D eigenvalue weighted by molar-refractivity contribution is 5.84. The Hall–Kier alpha value is -1.89. The fraction of sp³-hybridized carbons (Fsp3) is 0.0714. The van der Waals surface area contributed by atoms with Crippen LogP contribution in [0.1, 0.15) is 16.7 Å². The molecule has 1 aliphatic rings. The van der Waals surface area contributed by atoms with Gasteiger partial charge in [0.25, 0.3) is 0 Å². The molecule has 0 saturated carbocycles. The van der Waals surface area contributed by atoms with Gasteiger partial charge in [-0.1, -0.05) is 36.4 Å². The van der Waals surface area contributed by atoms with Crippen molar-refractivity contribution in [3.8, 4) is 0 Å². The first-order valence-electron chi connectivity index (χ1n) is 5.14. The number of fused-ring (bicyclic) bond motifs is 1. The second-order valence-electron chi connectivity index (χ2n) is 3.72. The highest BCUT2D eigenvalue weighted by atomic mass is 14.6. The Morgan fingerprint density at radius 3 is 2.80 bits per heavy atom. The van der Waals surface area contributed by atoms with Crippen LogP contribution in [0, 0.1) is 0 Å². The molecule has 2 aromatic rings. The summed E-state index contributed by atoms with van der Waals surface area (Å²) in [5.74, 6) is 0. The molecule has 0 amide bonds. The van der Waals surface area contributed by atoms with E-state index in [4.69, 9.17) is 0 Å². The zero-order valence-corrected chi connectivity index (χ0v) is 8.35. The number of rotatable bonds is 1. The number of pyridine rings is 1. The third kappa shape index (κ3) is 1.37. The summed E-state index contributed by atoms with van der Waals surface area (Å²) >= 11 is 0. The van der Waals surface area contributed by atoms with Crippen LogP contribution in [0.3, 0.4) is 0 Å². The molecule has 1 aromatic carbocycles. The fourth-order valence-corrected chi connectivity index (χ4v) is 2.08. The topological polar surface area (TPSA) is 12.9 Å². The first-order chi connectivity index (χ1) is 7.45. The van der Waals surface area contributed by atoms with E-state index in [0.717, 1.165) is 6.42 Å². The molecule has 0 unspecified atom stereocenters. The molecule has 0 spiro atoms. The number of hydrogen-bond donors (Lipinski definition) is 0. The molecule has 0 fully saturated rings. The van der Waals surface area contributed by atoms with Crippen LogP contribution in [0.2, 0.25) is 0 Å². The second kappa shape index (κ2) is 3.35. The lowest BCUT2D eigenvalue weighted by Gasteiger charge is -2.04. The summed E-state index contributed by atoms with van der Waals surface area (Å²) in [6, 6.07) is 12.7. The molecule has 1 aliphatic carbocycles. The summed E-state index contributed by atoms with van der Waals surface area (Å²) in [7, 11) is 0. The monoisotopic (exact) mass is 193 g/mol. The van der Waals surface area contributed by atoms with Crippen LogP contribution in [-0.2, 0) is 6.42 Å². The average Bonchev–Trinajstić information content (AvgIpc) is 2.74. The summed E-state index contributed by atoms with van der Waals surface area (Å²) in [4.78, 5) is 4.16. The molecule has 0 aliphatic heterocycles. The minimum absolute atomic E-state index is 1.04. The number of benzene rings is 1. The summed E-state index contributed by atoms with van der Waals surface area (Å²) in [6.07, 6.45) is 7.06. The van der Waals surface area contributed by atoms with Crippen molar-refractivity contribution in [1.29, 1.82) is 0 Å². The van der Waals surface area contributed by atoms with Crippen LogP contribution in [-0.4, -0.2) is 4.98 Å². The standard InChI is InChI=1S/C14H11N/c1-2-6-13-11(4-1)7-8-14(13)12-5-3-9-15-10-12/h1-6,8-10H,7H2. The Kier molecular flexibility index (Phi) is 1.88. The Labute approximate surface area is 89.1 Å². The van der Waals surface area contributed by atoms with Crippen molar-refractivity contribution in [3.05, 3.63) is 71.6 Å². The first kappa shape index (κ1) is 8.42. The van der Waals surface area contributed by atoms with Gasteiger partial charge in [0.1, 0.15) is 0 Å². The van der Waals surface area contributed by atoms with E-state index in [9.17, 15) is 0 Å². The van der Waals surface area contributed by atoms with Gasteiger partial charge in [-0.3, -0.25) is 4.98 Å². The maximum Gasteiger partial charge on any atom is 0.0346 e. The minimum atomic E-state index is 1.04. The van der Waals surface area contributed by atoms with E-state index >= 15 is 0 Å². The van der Waals surface area contributed by atoms with E-state index in [1.807, 2.05) is 18.5 Å². The van der Waals surface area contributed by atoms with Crippen molar-refractivity contribution < 1.29 is 0 Å². The molecule has 1 aromatic heterocycles. The second-order valence-corrected chi connectivity index (χ2v) is 3.72. The molecule has 15 heavy (non-hydrogen) atoms. The minimum Gasteiger partial charge on any atom is -0.264 e. The zero-order chi connectivity index (χ0) is 10.1. The van der Waals surface area contributed by atoms with Crippen LogP contribution in [0.15, 0.2) is 54.9 Å². The Morgan fingerprint density at radius 1 is 1.00 bits per heavy atom. The predicted octanol–water partition coefficient (Wildman–Crippen LogP) is 3.07. The molecule has 1 heteroatoms. The molecule has 1 nitrogen and oxygen atoms in total. The molecule has 72 valence electrons. The van der Waals surface area contributed by atoms with Crippen LogP contribution in [0.5, 0.6) is 0 Å². The predicted molar refractivity (Wildman–Crippen MR) is 61.5 cm³/mol. The van der Waals surface area contributed by atoms with E-state index in [-0.39, 0.29) is 0 Å². The number of nitrogens with zero attached hydrogens (tertiary/aromatic N) is 1. The van der Waals surface area contributed by atoms with Gasteiger partial charge in [-0.05, 0) is 29.2 Å². The van der Waals surface area contributed by atoms with Crippen molar-refractivity contribution >= 4 is 5.57 Å². The molecular weight excluding hydrogens is 182 g/mol. The van der Waals surface area contributed by atoms with Gasteiger partial charge in [0, 0.05) is 18.0 Å². The lowest BCUT2D eigenvalue weighted by atomic mass is 10.0. The fourth-order valence-electron chi connectivity index (χ4n) is 2.08. The summed E-state index contributed by atoms with van der Waals surface area (Å²) in [6.45, 7) is 0. The van der Waals surface area contributed by atoms with Crippen LogP contribution < -0.4 is 0 Å². The van der Waals surface area contributed by atoms with E-state index < -0.39 is 0 Å². The largest absolute Gasteiger partial charge is 0.264 e. The lowest BCUT2D eigenvalue weighted by molar-refractivity contribution is 1.31. The molecule has 0 radical (unpaired) electrons. The first-order valence-corrected chi connectivity index (χ1v) is 5.14. The Bertz CT molecular complexity index is 512. The summed E-state index contributed by atoms with van der Waals surface area (Å²) in [5.41, 5.74) is 5.29. The lowest BCUT2D eigenvalue weighted by Crippen LogP contribution is -1.86. The van der Waals surface area contributed by atoms with Crippen molar-refractivity contribution in [2.75, 3.05) is 0 Å². The van der Waals surface area contributed by atoms with Gasteiger partial charge in [-0.25, -0.2) is 0 Å². The van der Waals surface area contributed by atoms with Crippen LogP contribution in [0.4, 0.5) is 0 Å². The van der Waals surface area contributed by atoms with Gasteiger partial charge in [0.15, 0.2) is 0 Å². The summed E-state index contributed by atoms with van der Waals surface area (Å²) in [5, 5.41) is 0. The maximum atomic E-state index is 4.16. The van der Waals surface area contributed by atoms with Crippen LogP contribution in [0.25, 0.3) is 5.57 Å². The molecule has 1 heterocycles. The van der Waals surface area contributed by atoms with Gasteiger partial charge in [0.2, 0.25) is 0 Å². The van der Waals surface area contributed by atoms with Gasteiger partial charge in [-0.15, -0.1) is 0 Å². The van der Waals surface area contributed by atoms with E-state index in [1.165, 1.54) is 22.3 Å². The highest BCUT2D eigenvalue weighted by Crippen LogP contribution is 2.31. The quantitative estimate of drug-likeness (QED) is 0.678. The maximum absolute atomic E-state index is 4.16. The molecule has 0 saturated heterocycles. The van der Waals surface area contributed by atoms with E-state index in [0.29, 0.717) is 0 Å². The van der Waals surface area contributed by atoms with Crippen molar-refractivity contribution in [2.45, 2.75) is 6.42 Å². The van der Waals surface area contributed by atoms with Crippen molar-refractivity contribution in [2.24, 2.45) is 0 Å². The van der Waals surface area contributed by atoms with Crippen molar-refractivity contribution in [3.63, 3.8) is 0 Å². The van der Waals surface area contributed by atoms with Gasteiger partial charge in [0.05, 0.1) is 0 Å². The zero-order valence-electron chi connectivity index (χ0n) is 8.35. The van der Waals surface area contributed by atoms with E-state index in [2.05, 4.69) is 41.4 Å². The van der Waals surface area contributed by atoms with Gasteiger partial charge >= 0.3 is 0 Å². The molecular formula is C14H11N. The Balaban J connectivity index is 2.11. The average molecular weight is 193 g/mol. The number of allylic oxidation sites excluding steroid dienone is 1. The molecule has 3 rings (SSSR count). The molecule has 0 N–H and O–H groups in total.